The number of hydrogen-bond donors (Lipinski definition) is 2. The van der Waals surface area contributed by atoms with E-state index in [0.717, 1.165) is 46.2 Å². The third-order valence-corrected chi connectivity index (χ3v) is 11.8. The molecule has 0 fully saturated rings. The highest BCUT2D eigenvalue weighted by molar-refractivity contribution is 6.61. The number of rotatable bonds is 15. The maximum Gasteiger partial charge on any atom is 0.411 e. The summed E-state index contributed by atoms with van der Waals surface area (Å²) in [6.07, 6.45) is 2.47. The summed E-state index contributed by atoms with van der Waals surface area (Å²) >= 11 is 15.9. The van der Waals surface area contributed by atoms with E-state index in [0.29, 0.717) is 94.2 Å². The van der Waals surface area contributed by atoms with Crippen molar-refractivity contribution in [2.45, 2.75) is 25.7 Å². The average molecular weight is 972 g/mol. The molecule has 0 unspecified atom stereocenters. The Morgan fingerprint density at radius 1 is 0.582 bits per heavy atom. The number of fused-ring (bicyclic) bond motifs is 4. The molecule has 0 aromatic heterocycles. The summed E-state index contributed by atoms with van der Waals surface area (Å²) in [5.41, 5.74) is 8.50. The molecular formula is C50H53Cl3N6O8. The van der Waals surface area contributed by atoms with Gasteiger partial charge in [0.2, 0.25) is 0 Å². The minimum absolute atomic E-state index is 0.237. The number of nitrogens with zero attached hydrogens (tertiary/aromatic N) is 4. The van der Waals surface area contributed by atoms with Gasteiger partial charge in [0.05, 0.1) is 30.0 Å². The largest absolute Gasteiger partial charge is 0.454 e. The predicted octanol–water partition coefficient (Wildman–Crippen LogP) is 9.83. The normalized spacial score (nSPS) is 13.0. The molecule has 2 aliphatic heterocycles. The number of carbonyl (C=O) groups excluding carboxylic acids is 6. The molecule has 0 bridgehead atoms. The van der Waals surface area contributed by atoms with Crippen molar-refractivity contribution in [2.75, 3.05) is 90.4 Å². The molecule has 2 aliphatic rings. The fourth-order valence-electron chi connectivity index (χ4n) is 7.99. The lowest BCUT2D eigenvalue weighted by Gasteiger charge is -2.29. The molecule has 0 radical (unpaired) electrons. The molecule has 3 N–H and O–H groups in total. The number of benzene rings is 6. The molecule has 8 rings (SSSR count). The summed E-state index contributed by atoms with van der Waals surface area (Å²) in [6.45, 7) is 2.42. The Hall–Kier alpha value is -6.03. The van der Waals surface area contributed by atoms with Gasteiger partial charge in [0, 0.05) is 87.9 Å². The Morgan fingerprint density at radius 3 is 1.49 bits per heavy atom. The van der Waals surface area contributed by atoms with Crippen LogP contribution in [0.3, 0.4) is 0 Å². The second-order valence-electron chi connectivity index (χ2n) is 16.4. The van der Waals surface area contributed by atoms with Crippen LogP contribution in [0, 0.1) is 0 Å². The average Bonchev–Trinajstić information content (AvgIpc) is 3.29. The fraction of sp³-hybridized carbons (Fsp3) is 0.320. The molecule has 352 valence electrons. The summed E-state index contributed by atoms with van der Waals surface area (Å²) in [7, 11) is 7.62. The summed E-state index contributed by atoms with van der Waals surface area (Å²) < 4.78 is 9.67. The molecular weight excluding hydrogens is 919 g/mol. The number of nitrogen functional groups attached to an aromatic ring is 1. The number of nitrogens with one attached hydrogen (secondary N) is 1. The van der Waals surface area contributed by atoms with Gasteiger partial charge in [-0.25, -0.2) is 9.59 Å². The van der Waals surface area contributed by atoms with Crippen LogP contribution in [-0.4, -0.2) is 134 Å². The summed E-state index contributed by atoms with van der Waals surface area (Å²) in [6, 6.07) is 26.0. The molecule has 0 spiro atoms. The lowest BCUT2D eigenvalue weighted by molar-refractivity contribution is 0.0587. The highest BCUT2D eigenvalue weighted by Crippen LogP contribution is 2.40. The zero-order valence-electron chi connectivity index (χ0n) is 37.8. The molecule has 0 aliphatic carbocycles. The van der Waals surface area contributed by atoms with Crippen LogP contribution in [0.15, 0.2) is 84.9 Å². The van der Waals surface area contributed by atoms with Crippen LogP contribution >= 0.6 is 34.8 Å². The Balaban J connectivity index is 0.000000192. The fourth-order valence-corrected chi connectivity index (χ4v) is 8.44. The lowest BCUT2D eigenvalue weighted by atomic mass is 9.89. The molecule has 5 amide bonds. The van der Waals surface area contributed by atoms with Gasteiger partial charge in [0.15, 0.2) is 0 Å². The van der Waals surface area contributed by atoms with Crippen LogP contribution in [-0.2, 0) is 9.47 Å². The van der Waals surface area contributed by atoms with E-state index in [2.05, 4.69) is 10.1 Å². The molecule has 0 saturated carbocycles. The van der Waals surface area contributed by atoms with Crippen molar-refractivity contribution in [1.29, 1.82) is 0 Å². The minimum Gasteiger partial charge on any atom is -0.454 e. The number of nitrogens with two attached hydrogens (primary N) is 1. The van der Waals surface area contributed by atoms with E-state index in [1.165, 1.54) is 9.80 Å². The van der Waals surface area contributed by atoms with Gasteiger partial charge in [-0.15, -0.1) is 23.2 Å². The number of halogens is 3. The predicted molar refractivity (Wildman–Crippen MR) is 267 cm³/mol. The highest BCUT2D eigenvalue weighted by atomic mass is 35.5. The van der Waals surface area contributed by atoms with Gasteiger partial charge < -0.3 is 25.0 Å². The van der Waals surface area contributed by atoms with Crippen molar-refractivity contribution in [1.82, 2.24) is 19.6 Å². The first-order valence-electron chi connectivity index (χ1n) is 21.8. The lowest BCUT2D eigenvalue weighted by Crippen LogP contribution is -2.43. The number of imide groups is 2. The number of anilines is 2. The second-order valence-corrected chi connectivity index (χ2v) is 17.5. The Morgan fingerprint density at radius 2 is 1.01 bits per heavy atom. The van der Waals surface area contributed by atoms with Gasteiger partial charge in [-0.05, 0) is 112 Å². The molecule has 2 heterocycles. The Kier molecular flexibility index (Phi) is 17.4. The quantitative estimate of drug-likeness (QED) is 0.0251. The maximum absolute atomic E-state index is 13.7. The first kappa shape index (κ1) is 50.4. The maximum atomic E-state index is 13.7. The first-order valence-corrected chi connectivity index (χ1v) is 23.2. The van der Waals surface area contributed by atoms with E-state index >= 15 is 0 Å². The van der Waals surface area contributed by atoms with E-state index < -0.39 is 11.5 Å². The number of amides is 5. The van der Waals surface area contributed by atoms with Crippen molar-refractivity contribution >= 4 is 124 Å². The summed E-state index contributed by atoms with van der Waals surface area (Å²) in [5, 5.41) is 8.85. The molecule has 0 saturated heterocycles. The Labute approximate surface area is 403 Å². The zero-order chi connectivity index (χ0) is 48.4. The van der Waals surface area contributed by atoms with Gasteiger partial charge in [-0.2, -0.15) is 0 Å². The standard InChI is InChI=1S/C25H26ClN3O4.C20H19N3O2.C5H8Cl2O2/c1-28(2)12-13-29-23(30)18-9-5-7-16-15-17-8-6-10-19(21(17)22(20(16)18)24(29)31)27-25(32)33-14-4-3-11-26;1-22(2)9-10-23-19(24)14-7-3-5-12-11-13-6-4-8-15(21)17(13)18(16(12)14)20(23)25;6-3-1-2-4-9-5(7)8/h5-10,15H,3-4,11-14H2,1-2H3,(H,27,32);3-8,11H,9-10,21H2,1-2H3;1-4H2. The smallest absolute Gasteiger partial charge is 0.411 e. The van der Waals surface area contributed by atoms with Crippen LogP contribution in [0.1, 0.15) is 67.1 Å². The van der Waals surface area contributed by atoms with Crippen molar-refractivity contribution in [3.63, 3.8) is 0 Å². The number of ether oxygens (including phenoxy) is 2. The van der Waals surface area contributed by atoms with E-state index in [9.17, 15) is 28.8 Å². The van der Waals surface area contributed by atoms with E-state index in [1.54, 1.807) is 24.3 Å². The summed E-state index contributed by atoms with van der Waals surface area (Å²) in [4.78, 5) is 81.8. The van der Waals surface area contributed by atoms with Crippen LogP contribution in [0.2, 0.25) is 0 Å². The SMILES string of the molecule is CN(C)CCN1C(=O)c2cccc3cc4cccc(N)c4c(c23)C1=O.CN(C)CCN1C(=O)c2cccc3cc4cccc(NC(=O)OCCCCCl)c4c(c23)C1=O.O=C(Cl)OCCCCCl. The van der Waals surface area contributed by atoms with Gasteiger partial charge in [0.25, 0.3) is 23.6 Å². The van der Waals surface area contributed by atoms with E-state index in [4.69, 9.17) is 45.3 Å². The van der Waals surface area contributed by atoms with Gasteiger partial charge in [0.1, 0.15) is 0 Å². The first-order chi connectivity index (χ1) is 32.2. The number of likely N-dealkylation sites (N-methyl/N-ethyl adjacent to an activating group) is 2. The van der Waals surface area contributed by atoms with Crippen LogP contribution in [0.5, 0.6) is 0 Å². The molecule has 6 aromatic carbocycles. The molecule has 6 aromatic rings. The van der Waals surface area contributed by atoms with Crippen molar-refractivity contribution < 1.29 is 38.2 Å². The molecule has 14 nitrogen and oxygen atoms in total. The summed E-state index contributed by atoms with van der Waals surface area (Å²) in [5.74, 6) is -0.0555. The number of alkyl halides is 2. The van der Waals surface area contributed by atoms with Crippen LogP contribution in [0.4, 0.5) is 21.0 Å². The molecule has 0 atom stereocenters. The van der Waals surface area contributed by atoms with E-state index in [1.807, 2.05) is 98.7 Å². The monoisotopic (exact) mass is 970 g/mol. The van der Waals surface area contributed by atoms with Gasteiger partial charge in [-0.1, -0.05) is 48.5 Å². The zero-order valence-corrected chi connectivity index (χ0v) is 40.1. The number of unbranched alkanes of at least 4 members (excludes halogenated alkanes) is 2. The topological polar surface area (TPSA) is 172 Å². The van der Waals surface area contributed by atoms with Crippen molar-refractivity contribution in [3.8, 4) is 0 Å². The van der Waals surface area contributed by atoms with Crippen LogP contribution < -0.4 is 11.1 Å². The van der Waals surface area contributed by atoms with E-state index in [-0.39, 0.29) is 36.8 Å². The van der Waals surface area contributed by atoms with Crippen LogP contribution in [0.25, 0.3) is 43.1 Å². The highest BCUT2D eigenvalue weighted by Gasteiger charge is 2.36. The third kappa shape index (κ3) is 11.6. The van der Waals surface area contributed by atoms with Crippen molar-refractivity contribution in [3.05, 3.63) is 107 Å². The van der Waals surface area contributed by atoms with Gasteiger partial charge in [-0.3, -0.25) is 34.3 Å². The molecule has 17 heteroatoms. The molecule has 67 heavy (non-hydrogen) atoms. The van der Waals surface area contributed by atoms with Crippen molar-refractivity contribution in [2.24, 2.45) is 0 Å². The number of carbonyl (C=O) groups is 6. The number of hydrogen-bond acceptors (Lipinski definition) is 11. The second kappa shape index (κ2) is 23.1. The van der Waals surface area contributed by atoms with Gasteiger partial charge >= 0.3 is 11.5 Å². The Bertz CT molecular complexity index is 2860. The minimum atomic E-state index is -0.746. The third-order valence-electron chi connectivity index (χ3n) is 11.2.